The number of rotatable bonds is 8. The molecule has 178 valence electrons. The summed E-state index contributed by atoms with van der Waals surface area (Å²) in [4.78, 5) is 31.6. The summed E-state index contributed by atoms with van der Waals surface area (Å²) in [5, 5.41) is 17.0. The molecule has 1 saturated carbocycles. The lowest BCUT2D eigenvalue weighted by Crippen LogP contribution is -2.42. The first kappa shape index (κ1) is 22.3. The van der Waals surface area contributed by atoms with Gasteiger partial charge in [-0.15, -0.1) is 0 Å². The summed E-state index contributed by atoms with van der Waals surface area (Å²) in [5.74, 6) is 0.115. The number of halogens is 1. The third-order valence-corrected chi connectivity index (χ3v) is 6.18. The Balaban J connectivity index is 1.42. The van der Waals surface area contributed by atoms with Gasteiger partial charge in [0.15, 0.2) is 5.65 Å². The lowest BCUT2D eigenvalue weighted by Gasteiger charge is -2.26. The molecule has 0 bridgehead atoms. The van der Waals surface area contributed by atoms with Gasteiger partial charge in [0.25, 0.3) is 11.8 Å². The van der Waals surface area contributed by atoms with Gasteiger partial charge in [-0.05, 0) is 56.4 Å². The second-order valence-electron chi connectivity index (χ2n) is 9.47. The second kappa shape index (κ2) is 8.35. The molecule has 1 fully saturated rings. The topological polar surface area (TPSA) is 109 Å². The lowest BCUT2D eigenvalue weighted by molar-refractivity contribution is -0.0159. The summed E-state index contributed by atoms with van der Waals surface area (Å²) >= 11 is 0. The van der Waals surface area contributed by atoms with E-state index >= 15 is 0 Å². The molecule has 0 radical (unpaired) electrons. The molecule has 2 aromatic heterocycles. The Kier molecular flexibility index (Phi) is 5.47. The molecule has 3 aromatic rings. The molecule has 0 unspecified atom stereocenters. The highest BCUT2D eigenvalue weighted by Crippen LogP contribution is 2.37. The maximum Gasteiger partial charge on any atom is 0.261 e. The molecule has 1 atom stereocenters. The predicted molar refractivity (Wildman–Crippen MR) is 122 cm³/mol. The summed E-state index contributed by atoms with van der Waals surface area (Å²) in [6, 6.07) is 5.03. The van der Waals surface area contributed by atoms with Gasteiger partial charge >= 0.3 is 0 Å². The minimum absolute atomic E-state index is 0.175. The number of hydrogen-bond acceptors (Lipinski definition) is 6. The smallest absolute Gasteiger partial charge is 0.261 e. The van der Waals surface area contributed by atoms with E-state index in [4.69, 9.17) is 4.74 Å². The van der Waals surface area contributed by atoms with E-state index in [1.807, 2.05) is 0 Å². The van der Waals surface area contributed by atoms with Gasteiger partial charge in [0, 0.05) is 24.5 Å². The molecule has 2 aliphatic rings. The summed E-state index contributed by atoms with van der Waals surface area (Å²) in [5.41, 5.74) is 0.647. The van der Waals surface area contributed by atoms with E-state index in [0.29, 0.717) is 46.3 Å². The van der Waals surface area contributed by atoms with Crippen molar-refractivity contribution in [1.82, 2.24) is 19.5 Å². The maximum atomic E-state index is 14.5. The number of alkyl halides is 1. The molecule has 2 amide bonds. The number of hydrogen-bond donors (Lipinski definition) is 2. The van der Waals surface area contributed by atoms with E-state index < -0.39 is 17.7 Å². The van der Waals surface area contributed by atoms with Crippen LogP contribution in [0.1, 0.15) is 53.0 Å². The van der Waals surface area contributed by atoms with Crippen molar-refractivity contribution in [3.63, 3.8) is 0 Å². The zero-order valence-corrected chi connectivity index (χ0v) is 19.0. The number of carbonyl (C=O) groups excluding carboxylic acids is 2. The average molecular weight is 468 g/mol. The summed E-state index contributed by atoms with van der Waals surface area (Å²) < 4.78 is 21.9. The van der Waals surface area contributed by atoms with Crippen LogP contribution in [0, 0.1) is 5.92 Å². The van der Waals surface area contributed by atoms with Gasteiger partial charge in [0.1, 0.15) is 17.5 Å². The first-order valence-corrected chi connectivity index (χ1v) is 11.3. The molecular weight excluding hydrogens is 441 g/mol. The highest BCUT2D eigenvalue weighted by atomic mass is 19.1. The Morgan fingerprint density at radius 1 is 1.38 bits per heavy atom. The molecular formula is C24H26FN5O4. The Morgan fingerprint density at radius 2 is 2.18 bits per heavy atom. The molecule has 1 aliphatic heterocycles. The van der Waals surface area contributed by atoms with Crippen molar-refractivity contribution >= 4 is 23.1 Å². The van der Waals surface area contributed by atoms with Crippen LogP contribution in [-0.2, 0) is 6.54 Å². The van der Waals surface area contributed by atoms with Crippen molar-refractivity contribution in [3.05, 3.63) is 53.5 Å². The van der Waals surface area contributed by atoms with Crippen LogP contribution < -0.4 is 10.1 Å². The van der Waals surface area contributed by atoms with Crippen molar-refractivity contribution in [1.29, 1.82) is 0 Å². The first-order chi connectivity index (χ1) is 16.2. The van der Waals surface area contributed by atoms with Crippen molar-refractivity contribution in [2.75, 3.05) is 18.5 Å². The van der Waals surface area contributed by atoms with Gasteiger partial charge in [-0.3, -0.25) is 9.59 Å². The number of nitrogens with zero attached hydrogens (tertiary/aromatic N) is 4. The van der Waals surface area contributed by atoms with Crippen molar-refractivity contribution in [2.45, 2.75) is 45.0 Å². The minimum atomic E-state index is -1.60. The predicted octanol–water partition coefficient (Wildman–Crippen LogP) is 2.84. The van der Waals surface area contributed by atoms with Crippen LogP contribution in [0.3, 0.4) is 0 Å². The average Bonchev–Trinajstić information content (AvgIpc) is 3.45. The van der Waals surface area contributed by atoms with Crippen molar-refractivity contribution in [3.8, 4) is 5.75 Å². The van der Waals surface area contributed by atoms with Crippen LogP contribution in [0.2, 0.25) is 0 Å². The standard InChI is InChI=1S/C24H26FN5O4/c1-24(2,33)20(25)12-29-11-15-8-18(19(9-16(15)23(29)32)34-13-14-4-5-14)28-22(31)17-10-27-30-7-3-6-26-21(17)30/h3,6-10,14,20,33H,4-5,11-13H2,1-2H3,(H,28,31)/t20-/m1/s1. The van der Waals surface area contributed by atoms with E-state index in [1.165, 1.54) is 29.5 Å². The van der Waals surface area contributed by atoms with E-state index in [1.54, 1.807) is 30.6 Å². The third kappa shape index (κ3) is 4.33. The molecule has 3 heterocycles. The third-order valence-electron chi connectivity index (χ3n) is 6.18. The van der Waals surface area contributed by atoms with Gasteiger partial charge in [0.05, 0.1) is 30.6 Å². The van der Waals surface area contributed by atoms with Gasteiger partial charge in [-0.2, -0.15) is 5.10 Å². The van der Waals surface area contributed by atoms with Crippen molar-refractivity contribution in [2.24, 2.45) is 5.92 Å². The maximum absolute atomic E-state index is 14.5. The van der Waals surface area contributed by atoms with Crippen LogP contribution >= 0.6 is 0 Å². The Labute approximate surface area is 195 Å². The van der Waals surface area contributed by atoms with Gasteiger partial charge in [-0.25, -0.2) is 13.9 Å². The summed E-state index contributed by atoms with van der Waals surface area (Å²) in [6.45, 7) is 3.18. The van der Waals surface area contributed by atoms with Crippen LogP contribution in [0.4, 0.5) is 10.1 Å². The first-order valence-electron chi connectivity index (χ1n) is 11.3. The quantitative estimate of drug-likeness (QED) is 0.527. The largest absolute Gasteiger partial charge is 0.491 e. The van der Waals surface area contributed by atoms with Crippen molar-refractivity contribution < 1.29 is 23.8 Å². The lowest BCUT2D eigenvalue weighted by atomic mass is 10.0. The van der Waals surface area contributed by atoms with Gasteiger partial charge < -0.3 is 20.1 Å². The van der Waals surface area contributed by atoms with Crippen LogP contribution in [0.5, 0.6) is 5.75 Å². The molecule has 1 aromatic carbocycles. The van der Waals surface area contributed by atoms with E-state index in [-0.39, 0.29) is 19.0 Å². The van der Waals surface area contributed by atoms with E-state index in [9.17, 15) is 19.1 Å². The molecule has 5 rings (SSSR count). The van der Waals surface area contributed by atoms with E-state index in [0.717, 1.165) is 12.8 Å². The Hall–Kier alpha value is -3.53. The molecule has 10 heteroatoms. The minimum Gasteiger partial charge on any atom is -0.491 e. The monoisotopic (exact) mass is 467 g/mol. The van der Waals surface area contributed by atoms with Crippen LogP contribution in [-0.4, -0.2) is 61.3 Å². The second-order valence-corrected chi connectivity index (χ2v) is 9.47. The number of aromatic nitrogens is 3. The van der Waals surface area contributed by atoms with Gasteiger partial charge in [0.2, 0.25) is 0 Å². The zero-order chi connectivity index (χ0) is 24.0. The molecule has 1 aliphatic carbocycles. The number of amides is 2. The molecule has 9 nitrogen and oxygen atoms in total. The van der Waals surface area contributed by atoms with Crippen LogP contribution in [0.15, 0.2) is 36.8 Å². The number of ether oxygens (including phenoxy) is 1. The number of anilines is 1. The zero-order valence-electron chi connectivity index (χ0n) is 19.0. The normalized spacial score (nSPS) is 16.6. The fourth-order valence-corrected chi connectivity index (χ4v) is 3.85. The molecule has 0 saturated heterocycles. The highest BCUT2D eigenvalue weighted by molar-refractivity contribution is 6.09. The fourth-order valence-electron chi connectivity index (χ4n) is 3.85. The number of carbonyl (C=O) groups is 2. The highest BCUT2D eigenvalue weighted by Gasteiger charge is 2.35. The Morgan fingerprint density at radius 3 is 2.91 bits per heavy atom. The molecule has 2 N–H and O–H groups in total. The SMILES string of the molecule is CC(C)(O)[C@H](F)CN1Cc2cc(NC(=O)c3cnn4cccnc34)c(OCC3CC3)cc2C1=O. The Bertz CT molecular complexity index is 1260. The summed E-state index contributed by atoms with van der Waals surface area (Å²) in [7, 11) is 0. The number of aliphatic hydroxyl groups is 1. The summed E-state index contributed by atoms with van der Waals surface area (Å²) in [6.07, 6.45) is 5.30. The number of fused-ring (bicyclic) bond motifs is 2. The number of benzene rings is 1. The fraction of sp³-hybridized carbons (Fsp3) is 0.417. The molecule has 34 heavy (non-hydrogen) atoms. The van der Waals surface area contributed by atoms with Gasteiger partial charge in [-0.1, -0.05) is 0 Å². The van der Waals surface area contributed by atoms with E-state index in [2.05, 4.69) is 15.4 Å². The van der Waals surface area contributed by atoms with Crippen LogP contribution in [0.25, 0.3) is 5.65 Å². The number of nitrogens with one attached hydrogen (secondary N) is 1. The molecule has 0 spiro atoms.